The highest BCUT2D eigenvalue weighted by molar-refractivity contribution is 5.86. The van der Waals surface area contributed by atoms with Crippen molar-refractivity contribution >= 4 is 35.8 Å². The molecule has 0 unspecified atom stereocenters. The standard InChI is InChI=1S/C28H28N2O3.2ClH/c1-20-25(31)13-12-24-23(18-26(32)33-28(20)24)19-29-14-16-30(17-15-29)27(21-8-4-2-5-9-21)22-10-6-3-7-11-22;;/h2-13,18,27,31H,14-17,19H2,1H3;2*1H. The molecule has 1 aromatic heterocycles. The second kappa shape index (κ2) is 11.7. The molecule has 0 radical (unpaired) electrons. The minimum atomic E-state index is -0.377. The zero-order valence-corrected chi connectivity index (χ0v) is 21.2. The predicted octanol–water partition coefficient (Wildman–Crippen LogP) is 5.56. The van der Waals surface area contributed by atoms with Gasteiger partial charge in [-0.3, -0.25) is 9.80 Å². The number of nitrogens with zero attached hydrogens (tertiary/aromatic N) is 2. The van der Waals surface area contributed by atoms with Gasteiger partial charge in [-0.2, -0.15) is 0 Å². The number of hydrogen-bond acceptors (Lipinski definition) is 5. The van der Waals surface area contributed by atoms with E-state index >= 15 is 0 Å². The normalized spacial score (nSPS) is 14.5. The number of benzene rings is 3. The molecule has 0 aliphatic carbocycles. The molecule has 0 spiro atoms. The van der Waals surface area contributed by atoms with Crippen molar-refractivity contribution in [3.05, 3.63) is 112 Å². The summed E-state index contributed by atoms with van der Waals surface area (Å²) in [5.41, 5.74) is 4.26. The van der Waals surface area contributed by atoms with Crippen molar-refractivity contribution in [3.8, 4) is 5.75 Å². The summed E-state index contributed by atoms with van der Waals surface area (Å²) in [5, 5.41) is 10.9. The Bertz CT molecular complexity index is 1270. The lowest BCUT2D eigenvalue weighted by molar-refractivity contribution is 0.105. The average molecular weight is 513 g/mol. The van der Waals surface area contributed by atoms with Crippen LogP contribution in [0.4, 0.5) is 0 Å². The van der Waals surface area contributed by atoms with Crippen molar-refractivity contribution < 1.29 is 9.52 Å². The van der Waals surface area contributed by atoms with Gasteiger partial charge in [0.2, 0.25) is 0 Å². The number of fused-ring (bicyclic) bond motifs is 1. The van der Waals surface area contributed by atoms with Gasteiger partial charge in [0.15, 0.2) is 0 Å². The molecule has 1 aliphatic rings. The molecule has 5 nitrogen and oxygen atoms in total. The number of phenols is 1. The van der Waals surface area contributed by atoms with Crippen LogP contribution in [0.15, 0.2) is 88.1 Å². The van der Waals surface area contributed by atoms with E-state index in [4.69, 9.17) is 4.42 Å². The minimum absolute atomic E-state index is 0. The molecule has 1 aliphatic heterocycles. The van der Waals surface area contributed by atoms with Gasteiger partial charge in [0.1, 0.15) is 11.3 Å². The summed E-state index contributed by atoms with van der Waals surface area (Å²) in [6.45, 7) is 6.16. The summed E-state index contributed by atoms with van der Waals surface area (Å²) in [6, 6.07) is 26.7. The van der Waals surface area contributed by atoms with Crippen molar-refractivity contribution in [2.75, 3.05) is 26.2 Å². The second-order valence-corrected chi connectivity index (χ2v) is 8.71. The topological polar surface area (TPSA) is 56.9 Å². The van der Waals surface area contributed by atoms with Crippen molar-refractivity contribution in [3.63, 3.8) is 0 Å². The zero-order chi connectivity index (χ0) is 22.8. The number of aryl methyl sites for hydroxylation is 1. The second-order valence-electron chi connectivity index (χ2n) is 8.71. The summed E-state index contributed by atoms with van der Waals surface area (Å²) in [6.07, 6.45) is 0. The number of phenolic OH excluding ortho intramolecular Hbond substituents is 1. The summed E-state index contributed by atoms with van der Waals surface area (Å²) in [7, 11) is 0. The van der Waals surface area contributed by atoms with E-state index in [1.165, 1.54) is 11.1 Å². The molecule has 184 valence electrons. The molecule has 5 rings (SSSR count). The van der Waals surface area contributed by atoms with Gasteiger partial charge in [0.25, 0.3) is 0 Å². The Labute approximate surface area is 217 Å². The van der Waals surface area contributed by atoms with Crippen LogP contribution in [0.3, 0.4) is 0 Å². The van der Waals surface area contributed by atoms with Gasteiger partial charge >= 0.3 is 5.63 Å². The molecule has 0 amide bonds. The van der Waals surface area contributed by atoms with Gasteiger partial charge in [-0.15, -0.1) is 24.8 Å². The van der Waals surface area contributed by atoms with Gasteiger partial charge in [0, 0.05) is 49.7 Å². The SMILES string of the molecule is Cc1c(O)ccc2c(CN3CCN(C(c4ccccc4)c4ccccc4)CC3)cc(=O)oc12.Cl.Cl. The van der Waals surface area contributed by atoms with Crippen molar-refractivity contribution in [1.82, 2.24) is 9.80 Å². The fourth-order valence-corrected chi connectivity index (χ4v) is 4.85. The van der Waals surface area contributed by atoms with Crippen LogP contribution < -0.4 is 5.63 Å². The minimum Gasteiger partial charge on any atom is -0.508 e. The van der Waals surface area contributed by atoms with E-state index in [2.05, 4.69) is 70.5 Å². The first-order valence-corrected chi connectivity index (χ1v) is 11.4. The third-order valence-corrected chi connectivity index (χ3v) is 6.61. The zero-order valence-electron chi connectivity index (χ0n) is 19.6. The van der Waals surface area contributed by atoms with Gasteiger partial charge < -0.3 is 9.52 Å². The Morgan fingerprint density at radius 2 is 1.43 bits per heavy atom. The van der Waals surface area contributed by atoms with Crippen LogP contribution >= 0.6 is 24.8 Å². The molecule has 0 atom stereocenters. The Hall–Kier alpha value is -2.83. The van der Waals surface area contributed by atoms with Gasteiger partial charge in [0.05, 0.1) is 6.04 Å². The molecule has 7 heteroatoms. The van der Waals surface area contributed by atoms with Crippen LogP contribution in [0.1, 0.15) is 28.3 Å². The van der Waals surface area contributed by atoms with E-state index in [-0.39, 0.29) is 42.2 Å². The Morgan fingerprint density at radius 3 is 2.00 bits per heavy atom. The Balaban J connectivity index is 0.00000171. The third kappa shape index (κ3) is 5.71. The quantitative estimate of drug-likeness (QED) is 0.355. The highest BCUT2D eigenvalue weighted by Gasteiger charge is 2.26. The molecule has 1 N–H and O–H groups in total. The largest absolute Gasteiger partial charge is 0.508 e. The summed E-state index contributed by atoms with van der Waals surface area (Å²) < 4.78 is 5.41. The first-order valence-electron chi connectivity index (χ1n) is 11.4. The highest BCUT2D eigenvalue weighted by Crippen LogP contribution is 2.31. The molecule has 1 saturated heterocycles. The molecule has 4 aromatic rings. The Morgan fingerprint density at radius 1 is 0.857 bits per heavy atom. The van der Waals surface area contributed by atoms with E-state index in [1.807, 2.05) is 6.07 Å². The molecule has 0 saturated carbocycles. The van der Waals surface area contributed by atoms with Crippen molar-refractivity contribution in [1.29, 1.82) is 0 Å². The van der Waals surface area contributed by atoms with E-state index in [0.717, 1.165) is 37.1 Å². The van der Waals surface area contributed by atoms with Crippen molar-refractivity contribution in [2.45, 2.75) is 19.5 Å². The van der Waals surface area contributed by atoms with Crippen LogP contribution in [-0.4, -0.2) is 41.1 Å². The monoisotopic (exact) mass is 512 g/mol. The van der Waals surface area contributed by atoms with Crippen LogP contribution in [0, 0.1) is 6.92 Å². The smallest absolute Gasteiger partial charge is 0.336 e. The van der Waals surface area contributed by atoms with Gasteiger partial charge in [-0.25, -0.2) is 4.79 Å². The summed E-state index contributed by atoms with van der Waals surface area (Å²) in [4.78, 5) is 17.1. The number of piperazine rings is 1. The molecular weight excluding hydrogens is 483 g/mol. The third-order valence-electron chi connectivity index (χ3n) is 6.61. The van der Waals surface area contributed by atoms with Crippen LogP contribution in [-0.2, 0) is 6.54 Å². The van der Waals surface area contributed by atoms with E-state index in [9.17, 15) is 9.90 Å². The van der Waals surface area contributed by atoms with Crippen LogP contribution in [0.25, 0.3) is 11.0 Å². The number of rotatable bonds is 5. The summed E-state index contributed by atoms with van der Waals surface area (Å²) >= 11 is 0. The molecule has 3 aromatic carbocycles. The maximum absolute atomic E-state index is 12.2. The van der Waals surface area contributed by atoms with Crippen LogP contribution in [0.5, 0.6) is 5.75 Å². The number of hydrogen-bond donors (Lipinski definition) is 1. The Kier molecular flexibility index (Phi) is 8.98. The van der Waals surface area contributed by atoms with Gasteiger partial charge in [-0.05, 0) is 35.7 Å². The lowest BCUT2D eigenvalue weighted by Gasteiger charge is -2.40. The van der Waals surface area contributed by atoms with E-state index in [1.54, 1.807) is 19.1 Å². The predicted molar refractivity (Wildman–Crippen MR) is 145 cm³/mol. The number of halogens is 2. The molecule has 2 heterocycles. The van der Waals surface area contributed by atoms with E-state index in [0.29, 0.717) is 17.7 Å². The fraction of sp³-hybridized carbons (Fsp3) is 0.250. The maximum atomic E-state index is 12.2. The lowest BCUT2D eigenvalue weighted by Crippen LogP contribution is -2.47. The maximum Gasteiger partial charge on any atom is 0.336 e. The molecule has 35 heavy (non-hydrogen) atoms. The van der Waals surface area contributed by atoms with Crippen LogP contribution in [0.2, 0.25) is 0 Å². The molecular formula is C28H30Cl2N2O3. The first-order chi connectivity index (χ1) is 16.1. The summed E-state index contributed by atoms with van der Waals surface area (Å²) in [5.74, 6) is 0.143. The molecule has 0 bridgehead atoms. The van der Waals surface area contributed by atoms with Gasteiger partial charge in [-0.1, -0.05) is 60.7 Å². The highest BCUT2D eigenvalue weighted by atomic mass is 35.5. The van der Waals surface area contributed by atoms with Crippen molar-refractivity contribution in [2.24, 2.45) is 0 Å². The average Bonchev–Trinajstić information content (AvgIpc) is 2.84. The van der Waals surface area contributed by atoms with E-state index < -0.39 is 0 Å². The number of aromatic hydroxyl groups is 1. The fourth-order valence-electron chi connectivity index (χ4n) is 4.85. The lowest BCUT2D eigenvalue weighted by atomic mass is 9.96. The first kappa shape index (κ1) is 26.8. The molecule has 1 fully saturated rings.